The highest BCUT2D eigenvalue weighted by Gasteiger charge is 2.52. The van der Waals surface area contributed by atoms with Crippen molar-refractivity contribution in [1.82, 2.24) is 31.9 Å². The number of carbonyl (C=O) groups is 5. The number of nitrogens with one attached hydrogen (secondary N) is 7. The van der Waals surface area contributed by atoms with E-state index in [1.165, 1.54) is 0 Å². The SMILES string of the molecule is NC(=O)O[C@@H]1[C@@H](O)[C@@H](NC(=O)CC([NH3+])CCCNC(=O)CC([NH3+])CCCNC(=O)CC([NH3+])CCC[NH3+])[C@H](NC2=[NH+]C3C(=O)NCC(O)C3N2)O[C@@H]1CO. The summed E-state index contributed by atoms with van der Waals surface area (Å²) in [6, 6.07) is -3.11. The number of hydrogen-bond acceptors (Lipinski definition) is 12. The number of fused-ring (bicyclic) bond motifs is 1. The van der Waals surface area contributed by atoms with Gasteiger partial charge in [-0.3, -0.25) is 29.5 Å². The molecule has 0 aromatic carbocycles. The van der Waals surface area contributed by atoms with E-state index >= 15 is 0 Å². The second-order valence-corrected chi connectivity index (χ2v) is 14.1. The van der Waals surface area contributed by atoms with Gasteiger partial charge in [0.05, 0.1) is 50.5 Å². The van der Waals surface area contributed by atoms with E-state index in [9.17, 15) is 39.3 Å². The monoisotopic (exact) mass is 763 g/mol. The van der Waals surface area contributed by atoms with Gasteiger partial charge in [0.2, 0.25) is 17.7 Å². The Bertz CT molecular complexity index is 1260. The molecule has 22 heteroatoms. The van der Waals surface area contributed by atoms with Crippen molar-refractivity contribution in [3.05, 3.63) is 0 Å². The van der Waals surface area contributed by atoms with Gasteiger partial charge >= 0.3 is 12.1 Å². The molecule has 0 radical (unpaired) electrons. The molecule has 302 valence electrons. The zero-order valence-electron chi connectivity index (χ0n) is 30.4. The van der Waals surface area contributed by atoms with Crippen LogP contribution in [0.3, 0.4) is 0 Å². The number of β-amino-alcohol motifs (C(OH)–C–C–N with tert-alkyl or cyclic N) is 1. The highest BCUT2D eigenvalue weighted by atomic mass is 16.6. The van der Waals surface area contributed by atoms with Gasteiger partial charge in [-0.15, -0.1) is 0 Å². The van der Waals surface area contributed by atoms with E-state index in [2.05, 4.69) is 59.8 Å². The minimum Gasteiger partial charge on any atom is -0.441 e. The third-order valence-electron chi connectivity index (χ3n) is 9.42. The molecule has 11 atom stereocenters. The van der Waals surface area contributed by atoms with Gasteiger partial charge in [-0.25, -0.2) is 10.1 Å². The number of primary amides is 1. The van der Waals surface area contributed by atoms with Crippen LogP contribution in [-0.4, -0.2) is 151 Å². The second-order valence-electron chi connectivity index (χ2n) is 14.1. The number of rotatable bonds is 21. The lowest BCUT2D eigenvalue weighted by Gasteiger charge is -2.42. The Kier molecular flexibility index (Phi) is 17.8. The molecular weight excluding hydrogens is 700 g/mol. The predicted octanol–water partition coefficient (Wildman–Crippen LogP) is -11.3. The van der Waals surface area contributed by atoms with Crippen molar-refractivity contribution < 1.29 is 76.7 Å². The Morgan fingerprint density at radius 2 is 1.51 bits per heavy atom. The van der Waals surface area contributed by atoms with Crippen molar-refractivity contribution in [3.63, 3.8) is 0 Å². The van der Waals surface area contributed by atoms with Crippen LogP contribution < -0.4 is 65.6 Å². The van der Waals surface area contributed by atoms with Crippen molar-refractivity contribution >= 4 is 35.7 Å². The summed E-state index contributed by atoms with van der Waals surface area (Å²) < 4.78 is 10.9. The van der Waals surface area contributed by atoms with Gasteiger partial charge in [-0.2, -0.15) is 0 Å². The van der Waals surface area contributed by atoms with Crippen molar-refractivity contribution in [2.24, 2.45) is 5.73 Å². The van der Waals surface area contributed by atoms with Gasteiger partial charge in [0.25, 0.3) is 5.91 Å². The minimum absolute atomic E-state index is 0.0272. The first-order valence-electron chi connectivity index (χ1n) is 18.4. The Morgan fingerprint density at radius 3 is 2.04 bits per heavy atom. The van der Waals surface area contributed by atoms with E-state index < -0.39 is 67.4 Å². The highest BCUT2D eigenvalue weighted by molar-refractivity contribution is 5.87. The van der Waals surface area contributed by atoms with Crippen LogP contribution in [-0.2, 0) is 28.7 Å². The maximum Gasteiger partial charge on any atom is 0.404 e. The number of carbonyl (C=O) groups excluding carboxylic acids is 5. The fourth-order valence-corrected chi connectivity index (χ4v) is 6.57. The first-order chi connectivity index (χ1) is 25.2. The van der Waals surface area contributed by atoms with Crippen molar-refractivity contribution in [2.45, 2.75) is 125 Å². The summed E-state index contributed by atoms with van der Waals surface area (Å²) in [4.78, 5) is 64.4. The molecule has 3 aliphatic heterocycles. The summed E-state index contributed by atoms with van der Waals surface area (Å²) in [5.41, 5.74) is 21.1. The van der Waals surface area contributed by atoms with Crippen molar-refractivity contribution in [1.29, 1.82) is 0 Å². The Morgan fingerprint density at radius 1 is 0.943 bits per heavy atom. The topological polar surface area (TPSA) is 387 Å². The molecule has 3 rings (SSSR count). The first kappa shape index (κ1) is 43.5. The molecule has 0 aliphatic carbocycles. The highest BCUT2D eigenvalue weighted by Crippen LogP contribution is 2.23. The van der Waals surface area contributed by atoms with Crippen LogP contribution in [0, 0.1) is 0 Å². The molecule has 3 heterocycles. The fraction of sp³-hybridized carbons (Fsp3) is 0.806. The summed E-state index contributed by atoms with van der Waals surface area (Å²) in [7, 11) is 0. The van der Waals surface area contributed by atoms with Crippen molar-refractivity contribution in [3.8, 4) is 0 Å². The van der Waals surface area contributed by atoms with E-state index in [-0.39, 0.29) is 61.2 Å². The zero-order valence-corrected chi connectivity index (χ0v) is 30.4. The number of piperidine rings is 1. The molecule has 3 aliphatic rings. The number of amides is 5. The smallest absolute Gasteiger partial charge is 0.404 e. The van der Waals surface area contributed by atoms with Crippen LogP contribution in [0.25, 0.3) is 0 Å². The summed E-state index contributed by atoms with van der Waals surface area (Å²) in [6.45, 7) is 1.10. The average Bonchev–Trinajstić information content (AvgIpc) is 3.53. The number of hydrogen-bond donors (Lipinski definition) is 15. The van der Waals surface area contributed by atoms with Crippen LogP contribution >= 0.6 is 0 Å². The largest absolute Gasteiger partial charge is 0.441 e. The van der Waals surface area contributed by atoms with Gasteiger partial charge in [-0.1, -0.05) is 0 Å². The lowest BCUT2D eigenvalue weighted by Crippen LogP contribution is -2.86. The van der Waals surface area contributed by atoms with Crippen LogP contribution in [0.4, 0.5) is 4.79 Å². The summed E-state index contributed by atoms with van der Waals surface area (Å²) >= 11 is 0. The van der Waals surface area contributed by atoms with Gasteiger partial charge < -0.3 is 74.7 Å². The molecule has 0 bridgehead atoms. The summed E-state index contributed by atoms with van der Waals surface area (Å²) in [5, 5.41) is 48.4. The van der Waals surface area contributed by atoms with Crippen LogP contribution in [0.15, 0.2) is 0 Å². The number of quaternary nitrogens is 4. The first-order valence-corrected chi connectivity index (χ1v) is 18.4. The summed E-state index contributed by atoms with van der Waals surface area (Å²) in [6.07, 6.45) is -2.73. The molecule has 6 unspecified atom stereocenters. The third kappa shape index (κ3) is 14.1. The minimum atomic E-state index is -1.58. The van der Waals surface area contributed by atoms with E-state index in [0.29, 0.717) is 45.2 Å². The number of aliphatic hydroxyl groups is 3. The predicted molar refractivity (Wildman–Crippen MR) is 182 cm³/mol. The Balaban J connectivity index is 1.42. The molecule has 0 spiro atoms. The number of nitrogens with two attached hydrogens (primary N) is 1. The Labute approximate surface area is 307 Å². The molecular formula is C31H63N12O10+5. The van der Waals surface area contributed by atoms with Crippen LogP contribution in [0.1, 0.15) is 57.8 Å². The zero-order chi connectivity index (χ0) is 39.1. The Hall–Kier alpha value is -3.90. The fourth-order valence-electron chi connectivity index (χ4n) is 6.57. The molecule has 24 N–H and O–H groups in total. The summed E-state index contributed by atoms with van der Waals surface area (Å²) in [5.74, 6) is -0.853. The standard InChI is InChI=1S/C31H58N12O10/c32-7-1-4-15(33)10-20(46)37-8-2-5-16(34)11-21(47)38-9-3-6-17(35)12-22(48)40-25-26(49)27(53-30(36)51)19(14-44)52-29(25)43-31-41-23-18(45)13-39-28(50)24(23)42-31/h15-19,23-27,29,44-45,49H,1-14,32-35H2,(H2,36,51)(H,37,46)(H,38,47)(H,39,50)(H,40,48)(H2,41,42,43)/p+5/t15?,16?,17?,18?,19-,23?,24?,25-,26+,27+,29-/m1/s1. The van der Waals surface area contributed by atoms with Gasteiger partial charge in [0, 0.05) is 45.3 Å². The number of guanidine groups is 1. The maximum atomic E-state index is 13.2. The van der Waals surface area contributed by atoms with Crippen LogP contribution in [0.5, 0.6) is 0 Å². The third-order valence-corrected chi connectivity index (χ3v) is 9.42. The molecule has 53 heavy (non-hydrogen) atoms. The van der Waals surface area contributed by atoms with Crippen molar-refractivity contribution in [2.75, 3.05) is 32.8 Å². The molecule has 2 saturated heterocycles. The van der Waals surface area contributed by atoms with E-state index in [1.807, 2.05) is 0 Å². The molecule has 2 fully saturated rings. The van der Waals surface area contributed by atoms with Crippen LogP contribution in [0.2, 0.25) is 0 Å². The number of aliphatic hydroxyl groups excluding tert-OH is 3. The lowest BCUT2D eigenvalue weighted by molar-refractivity contribution is -0.485. The molecule has 5 amide bonds. The van der Waals surface area contributed by atoms with E-state index in [4.69, 9.17) is 15.2 Å². The van der Waals surface area contributed by atoms with E-state index in [0.717, 1.165) is 19.4 Å². The molecule has 22 nitrogen and oxygen atoms in total. The maximum absolute atomic E-state index is 13.2. The van der Waals surface area contributed by atoms with Gasteiger partial charge in [0.1, 0.15) is 30.4 Å². The van der Waals surface area contributed by atoms with Gasteiger partial charge in [-0.05, 0) is 12.8 Å². The molecule has 0 aromatic heterocycles. The lowest BCUT2D eigenvalue weighted by atomic mass is 9.95. The van der Waals surface area contributed by atoms with E-state index in [1.54, 1.807) is 0 Å². The molecule has 0 aromatic rings. The average molecular weight is 764 g/mol. The quantitative estimate of drug-likeness (QED) is 0.0485. The second kappa shape index (κ2) is 21.7. The number of ether oxygens (including phenoxy) is 2. The van der Waals surface area contributed by atoms with Gasteiger partial charge in [0.15, 0.2) is 18.4 Å². The normalized spacial score (nSPS) is 28.2. The molecule has 0 saturated carbocycles.